The van der Waals surface area contributed by atoms with Crippen LogP contribution in [0, 0.1) is 0 Å². The first-order valence-corrected chi connectivity index (χ1v) is 7.62. The number of aliphatic imine (C=N–C) groups is 1. The van der Waals surface area contributed by atoms with Gasteiger partial charge in [0, 0.05) is 30.3 Å². The second-order valence-corrected chi connectivity index (χ2v) is 5.58. The van der Waals surface area contributed by atoms with Crippen LogP contribution in [0.2, 0.25) is 0 Å². The zero-order valence-electron chi connectivity index (χ0n) is 14.9. The minimum absolute atomic E-state index is 0.0164. The fraction of sp³-hybridized carbons (Fsp3) is 0.350. The van der Waals surface area contributed by atoms with Crippen LogP contribution in [0.15, 0.2) is 64.4 Å². The lowest BCUT2D eigenvalue weighted by atomic mass is 9.97. The van der Waals surface area contributed by atoms with Crippen LogP contribution in [0.5, 0.6) is 0 Å². The predicted molar refractivity (Wildman–Crippen MR) is 98.6 cm³/mol. The third-order valence-corrected chi connectivity index (χ3v) is 3.10. The summed E-state index contributed by atoms with van der Waals surface area (Å²) in [5, 5.41) is 0. The molecule has 0 aliphatic carbocycles. The number of Topliss-reactive ketones (excluding diaryl/α,β-unsaturated/α-hetero) is 1. The Morgan fingerprint density at radius 1 is 1.04 bits per heavy atom. The summed E-state index contributed by atoms with van der Waals surface area (Å²) in [6.45, 7) is 16.9. The van der Waals surface area contributed by atoms with Gasteiger partial charge in [0.05, 0.1) is 0 Å². The van der Waals surface area contributed by atoms with Gasteiger partial charge >= 0.3 is 0 Å². The van der Waals surface area contributed by atoms with Gasteiger partial charge in [-0.05, 0) is 57.4 Å². The molecule has 0 atom stereocenters. The Labute approximate surface area is 139 Å². The summed E-state index contributed by atoms with van der Waals surface area (Å²) in [7, 11) is 0. The summed E-state index contributed by atoms with van der Waals surface area (Å²) in [5.74, 6) is -0.0514. The van der Waals surface area contributed by atoms with E-state index < -0.39 is 0 Å². The highest BCUT2D eigenvalue weighted by molar-refractivity contribution is 5.93. The Hall–Kier alpha value is -2.29. The number of nitrogens with zero attached hydrogens (tertiary/aromatic N) is 1. The maximum atomic E-state index is 11.9. The summed E-state index contributed by atoms with van der Waals surface area (Å²) in [5.41, 5.74) is 4.06. The van der Waals surface area contributed by atoms with Gasteiger partial charge in [0.25, 0.3) is 0 Å². The molecule has 0 unspecified atom stereocenters. The Kier molecular flexibility index (Phi) is 9.40. The smallest absolute Gasteiger partial charge is 0.156 e. The molecule has 0 rings (SSSR count). The Balaban J connectivity index is 5.39. The molecule has 0 aromatic heterocycles. The van der Waals surface area contributed by atoms with E-state index in [0.717, 1.165) is 28.0 Å². The quantitative estimate of drug-likeness (QED) is 0.344. The third kappa shape index (κ3) is 8.67. The van der Waals surface area contributed by atoms with Gasteiger partial charge in [0.15, 0.2) is 5.78 Å². The Morgan fingerprint density at radius 3 is 2.13 bits per heavy atom. The highest BCUT2D eigenvalue weighted by atomic mass is 16.1. The second-order valence-electron chi connectivity index (χ2n) is 5.58. The first kappa shape index (κ1) is 20.7. The second kappa shape index (κ2) is 10.4. The standard InChI is InChI=1S/C20H27NO2/c1-8-9-20(18(7)21-13-14(2)3)17(6)15(4)12-19(23)11-10-16(5)22/h8-9,12-13H,2,6,10-11H2,1,3-5,7H3/b9-8?,15-12?,20-18-,21-13?. The number of carbonyl (C=O) groups is 2. The van der Waals surface area contributed by atoms with Crippen molar-refractivity contribution in [2.75, 3.05) is 0 Å². The first-order chi connectivity index (χ1) is 10.7. The predicted octanol–water partition coefficient (Wildman–Crippen LogP) is 4.92. The van der Waals surface area contributed by atoms with Gasteiger partial charge in [-0.2, -0.15) is 0 Å². The van der Waals surface area contributed by atoms with Crippen molar-refractivity contribution in [3.8, 4) is 0 Å². The van der Waals surface area contributed by atoms with Crippen molar-refractivity contribution < 1.29 is 9.59 Å². The van der Waals surface area contributed by atoms with E-state index in [1.54, 1.807) is 12.3 Å². The molecule has 0 radical (unpaired) electrons. The molecular formula is C20H27NO2. The van der Waals surface area contributed by atoms with Crippen molar-refractivity contribution >= 4 is 17.8 Å². The average molecular weight is 313 g/mol. The van der Waals surface area contributed by atoms with Crippen molar-refractivity contribution in [1.82, 2.24) is 0 Å². The van der Waals surface area contributed by atoms with Crippen LogP contribution in [0.25, 0.3) is 0 Å². The van der Waals surface area contributed by atoms with Crippen molar-refractivity contribution in [2.24, 2.45) is 4.99 Å². The van der Waals surface area contributed by atoms with Crippen molar-refractivity contribution in [3.05, 3.63) is 59.4 Å². The number of hydrogen-bond donors (Lipinski definition) is 0. The highest BCUT2D eigenvalue weighted by Crippen LogP contribution is 2.23. The minimum atomic E-state index is -0.0678. The molecule has 3 nitrogen and oxygen atoms in total. The molecule has 124 valence electrons. The molecule has 0 aliphatic rings. The maximum absolute atomic E-state index is 11.9. The first-order valence-electron chi connectivity index (χ1n) is 7.62. The molecule has 0 spiro atoms. The van der Waals surface area contributed by atoms with Gasteiger partial charge in [0.1, 0.15) is 5.78 Å². The summed E-state index contributed by atoms with van der Waals surface area (Å²) in [6, 6.07) is 0. The number of ketones is 2. The molecule has 0 amide bonds. The molecule has 0 heterocycles. The fourth-order valence-electron chi connectivity index (χ4n) is 1.80. The van der Waals surface area contributed by atoms with E-state index in [1.165, 1.54) is 6.92 Å². The minimum Gasteiger partial charge on any atom is -0.300 e. The van der Waals surface area contributed by atoms with Gasteiger partial charge in [-0.1, -0.05) is 25.3 Å². The number of allylic oxidation sites excluding steroid dienone is 8. The molecule has 23 heavy (non-hydrogen) atoms. The zero-order chi connectivity index (χ0) is 18.0. The van der Waals surface area contributed by atoms with Crippen molar-refractivity contribution in [1.29, 1.82) is 0 Å². The molecule has 0 N–H and O–H groups in total. The molecular weight excluding hydrogens is 286 g/mol. The van der Waals surface area contributed by atoms with Crippen molar-refractivity contribution in [2.45, 2.75) is 47.5 Å². The van der Waals surface area contributed by atoms with Crippen LogP contribution < -0.4 is 0 Å². The Bertz CT molecular complexity index is 614. The van der Waals surface area contributed by atoms with E-state index in [-0.39, 0.29) is 24.4 Å². The van der Waals surface area contributed by atoms with E-state index >= 15 is 0 Å². The Morgan fingerprint density at radius 2 is 1.65 bits per heavy atom. The summed E-state index contributed by atoms with van der Waals surface area (Å²) in [6.07, 6.45) is 7.58. The lowest BCUT2D eigenvalue weighted by Crippen LogP contribution is -2.00. The molecule has 0 bridgehead atoms. The molecule has 0 aliphatic heterocycles. The van der Waals surface area contributed by atoms with Crippen molar-refractivity contribution in [3.63, 3.8) is 0 Å². The van der Waals surface area contributed by atoms with E-state index in [4.69, 9.17) is 0 Å². The van der Waals surface area contributed by atoms with Gasteiger partial charge in [-0.3, -0.25) is 9.79 Å². The third-order valence-electron chi connectivity index (χ3n) is 3.10. The molecule has 3 heteroatoms. The fourth-order valence-corrected chi connectivity index (χ4v) is 1.80. The van der Waals surface area contributed by atoms with Gasteiger partial charge in [0.2, 0.25) is 0 Å². The molecule has 0 aromatic carbocycles. The number of hydrogen-bond acceptors (Lipinski definition) is 3. The molecule has 0 saturated carbocycles. The summed E-state index contributed by atoms with van der Waals surface area (Å²) >= 11 is 0. The highest BCUT2D eigenvalue weighted by Gasteiger charge is 2.08. The van der Waals surface area contributed by atoms with Crippen LogP contribution >= 0.6 is 0 Å². The zero-order valence-corrected chi connectivity index (χ0v) is 14.9. The van der Waals surface area contributed by atoms with Gasteiger partial charge in [-0.25, -0.2) is 0 Å². The lowest BCUT2D eigenvalue weighted by molar-refractivity contribution is -0.121. The van der Waals surface area contributed by atoms with Crippen LogP contribution in [0.3, 0.4) is 0 Å². The van der Waals surface area contributed by atoms with E-state index in [2.05, 4.69) is 18.2 Å². The van der Waals surface area contributed by atoms with Crippen LogP contribution in [-0.2, 0) is 9.59 Å². The SMILES string of the molecule is C=C(C)C=N/C(C)=C(/C=CC)C(=C)C(C)=CC(=O)CCC(C)=O. The largest absolute Gasteiger partial charge is 0.300 e. The summed E-state index contributed by atoms with van der Waals surface area (Å²) < 4.78 is 0. The lowest BCUT2D eigenvalue weighted by Gasteiger charge is -2.10. The van der Waals surface area contributed by atoms with E-state index in [1.807, 2.05) is 39.8 Å². The monoisotopic (exact) mass is 313 g/mol. The average Bonchev–Trinajstić information content (AvgIpc) is 2.47. The molecule has 0 fully saturated rings. The van der Waals surface area contributed by atoms with Crippen LogP contribution in [-0.4, -0.2) is 17.8 Å². The normalized spacial score (nSPS) is 13.3. The topological polar surface area (TPSA) is 46.5 Å². The molecule has 0 saturated heterocycles. The van der Waals surface area contributed by atoms with Crippen LogP contribution in [0.1, 0.15) is 47.5 Å². The van der Waals surface area contributed by atoms with E-state index in [9.17, 15) is 9.59 Å². The van der Waals surface area contributed by atoms with Gasteiger partial charge < -0.3 is 4.79 Å². The maximum Gasteiger partial charge on any atom is 0.156 e. The number of carbonyl (C=O) groups excluding carboxylic acids is 2. The van der Waals surface area contributed by atoms with Gasteiger partial charge in [-0.15, -0.1) is 0 Å². The van der Waals surface area contributed by atoms with E-state index in [0.29, 0.717) is 0 Å². The van der Waals surface area contributed by atoms with Crippen LogP contribution in [0.4, 0.5) is 0 Å². The molecule has 0 aromatic rings. The number of rotatable bonds is 9. The summed E-state index contributed by atoms with van der Waals surface area (Å²) in [4.78, 5) is 27.2.